The van der Waals surface area contributed by atoms with E-state index < -0.39 is 143 Å². The molecule has 0 aliphatic carbocycles. The van der Waals surface area contributed by atoms with Crippen LogP contribution in [-0.2, 0) is 248 Å². The van der Waals surface area contributed by atoms with Gasteiger partial charge in [0.25, 0.3) is 106 Å². The summed E-state index contributed by atoms with van der Waals surface area (Å²) in [4.78, 5) is 249. The minimum absolute atomic E-state index is 0. The van der Waals surface area contributed by atoms with Gasteiger partial charge in [-0.3, -0.25) is 123 Å². The first-order valence-corrected chi connectivity index (χ1v) is 33.3. The Labute approximate surface area is 864 Å². The van der Waals surface area contributed by atoms with Gasteiger partial charge in [0.1, 0.15) is 0 Å². The summed E-state index contributed by atoms with van der Waals surface area (Å²) in [6, 6.07) is 25.0. The zero-order valence-corrected chi connectivity index (χ0v) is 83.2. The van der Waals surface area contributed by atoms with E-state index in [0.717, 1.165) is 24.3 Å². The second kappa shape index (κ2) is 45.6. The van der Waals surface area contributed by atoms with E-state index in [1.165, 1.54) is 103 Å². The molecule has 7 radical (unpaired) electrons. The maximum atomic E-state index is 12.5. The van der Waals surface area contributed by atoms with Crippen LogP contribution in [0.5, 0.6) is 0 Å². The molecule has 0 spiro atoms. The van der Waals surface area contributed by atoms with Gasteiger partial charge in [0.05, 0.1) is 121 Å². The van der Waals surface area contributed by atoms with E-state index in [-0.39, 0.29) is 408 Å². The molecule has 11 N–H and O–H groups in total. The Morgan fingerprint density at radius 3 is 0.667 bits per heavy atom. The van der Waals surface area contributed by atoms with Gasteiger partial charge >= 0.3 is 17.9 Å². The number of benzene rings is 7. The van der Waals surface area contributed by atoms with Gasteiger partial charge in [-0.2, -0.15) is 0 Å². The van der Waals surface area contributed by atoms with Crippen LogP contribution >= 0.6 is 0 Å². The van der Waals surface area contributed by atoms with Gasteiger partial charge in [-0.1, -0.05) is 0 Å². The summed E-state index contributed by atoms with van der Waals surface area (Å²) in [5.74, 6) is -17.5. The molecule has 50 heteroatoms. The number of amides is 18. The molecular formula is C73H53N11O32Y7. The molecule has 7 aromatic carbocycles. The number of carbonyl (C=O) groups is 21. The van der Waals surface area contributed by atoms with E-state index in [0.29, 0.717) is 0 Å². The number of fused-ring (bicyclic) bond motifs is 7. The van der Waals surface area contributed by atoms with E-state index in [4.69, 9.17) is 24.2 Å². The smallest absolute Gasteiger partial charge is 0.341 e. The van der Waals surface area contributed by atoms with Gasteiger partial charge in [0.15, 0.2) is 0 Å². The van der Waals surface area contributed by atoms with Crippen molar-refractivity contribution in [3.05, 3.63) is 244 Å². The number of imide groups is 7. The van der Waals surface area contributed by atoms with Gasteiger partial charge in [0, 0.05) is 263 Å². The second-order valence-corrected chi connectivity index (χ2v) is 25.0. The van der Waals surface area contributed by atoms with Crippen molar-refractivity contribution >= 4 is 124 Å². The predicted octanol–water partition coefficient (Wildman–Crippen LogP) is 1.84. The number of nitrogens with zero attached hydrogens (tertiary/aromatic N) is 7. The molecule has 2 atom stereocenters. The summed E-state index contributed by atoms with van der Waals surface area (Å²) in [5, 5.41) is 75.4. The molecule has 0 saturated heterocycles. The monoisotopic (exact) mass is 2220 g/mol. The van der Waals surface area contributed by atoms with E-state index >= 15 is 0 Å². The molecule has 7 aliphatic heterocycles. The molecular weight excluding hydrogens is 2170 g/mol. The Bertz CT molecular complexity index is 5200. The average molecular weight is 2220 g/mol. The quantitative estimate of drug-likeness (QED) is 0.0253. The third-order valence-corrected chi connectivity index (χ3v) is 17.5. The average Bonchev–Trinajstić information content (AvgIpc) is 1.67. The van der Waals surface area contributed by atoms with Gasteiger partial charge in [-0.05, 0) is 148 Å². The number of rotatable bonds is 18. The van der Waals surface area contributed by atoms with Crippen molar-refractivity contribution in [1.29, 1.82) is 0 Å². The van der Waals surface area contributed by atoms with Crippen LogP contribution in [0.1, 0.15) is 238 Å². The van der Waals surface area contributed by atoms with Crippen LogP contribution in [0.3, 0.4) is 0 Å². The number of hydrogen-bond donors (Lipinski definition) is 11. The van der Waals surface area contributed by atoms with Gasteiger partial charge in [-0.15, -0.1) is 35.4 Å². The van der Waals surface area contributed by atoms with Crippen LogP contribution in [0.15, 0.2) is 127 Å². The first-order valence-electron chi connectivity index (χ1n) is 33.3. The molecule has 123 heavy (non-hydrogen) atoms. The Hall–Kier alpha value is -7.78. The Kier molecular flexibility index (Phi) is 39.9. The number of hydrogen-bond acceptors (Lipinski definition) is 32. The molecule has 7 aliphatic rings. The fourth-order valence-corrected chi connectivity index (χ4v) is 11.6. The predicted molar refractivity (Wildman–Crippen MR) is 367 cm³/mol. The zero-order chi connectivity index (χ0) is 84.5. The molecule has 613 valence electrons. The third kappa shape index (κ3) is 22.6. The third-order valence-electron chi connectivity index (χ3n) is 17.5. The maximum Gasteiger partial charge on any atom is 0.341 e. The zero-order valence-electron chi connectivity index (χ0n) is 63.3. The summed E-state index contributed by atoms with van der Waals surface area (Å²) in [7, 11) is 0. The molecule has 2 unspecified atom stereocenters. The van der Waals surface area contributed by atoms with Crippen LogP contribution in [0.4, 0.5) is 0 Å². The summed E-state index contributed by atoms with van der Waals surface area (Å²) in [6.45, 7) is 4.32. The summed E-state index contributed by atoms with van der Waals surface area (Å²) in [6.07, 6.45) is 0. The molecule has 14 rings (SSSR count). The van der Waals surface area contributed by atoms with Crippen molar-refractivity contribution in [2.24, 2.45) is 0 Å². The molecule has 7 heterocycles. The fourth-order valence-electron chi connectivity index (χ4n) is 11.6. The fraction of sp³-hybridized carbons (Fsp3) is 0.137. The number of carbonyl (C=O) groups excluding carboxylic acids is 21. The van der Waals surface area contributed by atoms with E-state index in [2.05, 4.69) is 21.3 Å². The minimum Gasteiger partial charge on any atom is -0.462 e. The first kappa shape index (κ1) is 108. The van der Waals surface area contributed by atoms with Crippen LogP contribution in [-0.4, -0.2) is 241 Å². The standard InChI is InChI=1S/C24H22N4O9.C19H12N4O8.C19H10N2O10.C11H9NO5.7Y/c1-11(25-19(29)13-3-5-15-17(7-13)23(33)27(35)21(15)31)9-37-10-12(2)26-20(30)14-4-6-16-18(8-14)24(34)28(36)22(16)32;24-14(8-1-3-10-12(5-8)18(28)22(30)16(10)26)20-7-21-15(25)9-2-4-11-13(6-9)19(29)23(31)17(11)27;22-14-10-3-1-8(5-12(10)16(24)20(14)28)18(26)30-7-31-19(27)9-2-4-11-13(6-9)17(25)21(29)15(11)23;1-2-17-11(15)6-3-4-7-8(5-6)10(14)12(16)9(7)13;;;;;;;/h3-8,11-12,35-36H,9-10H2,1-2H3,(H,25,29)(H,26,30);1-6,30-31H,7H2,(H,20,24)(H,21,25);1-6,28-29H,7H2;3-5,16H,2H2,1H3;;;;;;;. The van der Waals surface area contributed by atoms with Crippen molar-refractivity contribution in [1.82, 2.24) is 56.7 Å². The van der Waals surface area contributed by atoms with Crippen molar-refractivity contribution in [3.63, 3.8) is 0 Å². The molecule has 7 aromatic rings. The minimum atomic E-state index is -0.993. The van der Waals surface area contributed by atoms with Crippen molar-refractivity contribution in [3.8, 4) is 0 Å². The molecule has 0 aromatic heterocycles. The Morgan fingerprint density at radius 1 is 0.276 bits per heavy atom. The molecule has 18 amide bonds. The molecule has 0 fully saturated rings. The number of esters is 3. The largest absolute Gasteiger partial charge is 0.462 e. The normalized spacial score (nSPS) is 14.1. The first-order chi connectivity index (χ1) is 54.9. The summed E-state index contributed by atoms with van der Waals surface area (Å²) >= 11 is 0. The number of nitrogens with one attached hydrogen (secondary N) is 4. The molecule has 0 bridgehead atoms. The number of ether oxygens (including phenoxy) is 4. The SMILES string of the molecule is CC(COCC(C)NC(=O)c1ccc2c(c1)C(=O)N(O)C2=O)NC(=O)c1ccc2c(c1)C(=O)N(O)C2=O.CCOC(=O)c1ccc2c(c1)C(=O)N(O)C2=O.O=C(NCNC(=O)c1ccc2c(c1)C(=O)N(O)C2=O)c1ccc2c(c1)C(=O)N(O)C2=O.O=C(OCOC(=O)c1ccc2c(c1)C(=O)N(O)C2=O)c1ccc2c(c1)C(=O)N(O)C2=O.[Y].[Y].[Y].[Y].[Y].[Y].[Y]. The topological polar surface area (TPSA) is 608 Å². The van der Waals surface area contributed by atoms with E-state index in [9.17, 15) is 132 Å². The van der Waals surface area contributed by atoms with Crippen LogP contribution in [0, 0.1) is 0 Å². The van der Waals surface area contributed by atoms with Crippen molar-refractivity contribution in [2.75, 3.05) is 33.3 Å². The van der Waals surface area contributed by atoms with Crippen molar-refractivity contribution < 1.29 is 385 Å². The molecule has 0 saturated carbocycles. The summed E-state index contributed by atoms with van der Waals surface area (Å²) in [5.41, 5.74) is -0.701. The van der Waals surface area contributed by atoms with E-state index in [1.54, 1.807) is 20.8 Å². The van der Waals surface area contributed by atoms with Gasteiger partial charge < -0.3 is 40.2 Å². The van der Waals surface area contributed by atoms with Crippen LogP contribution < -0.4 is 21.3 Å². The summed E-state index contributed by atoms with van der Waals surface area (Å²) < 4.78 is 19.9. The number of hydroxylamine groups is 14. The van der Waals surface area contributed by atoms with Crippen molar-refractivity contribution in [2.45, 2.75) is 32.9 Å². The van der Waals surface area contributed by atoms with Crippen LogP contribution in [0.25, 0.3) is 0 Å². The van der Waals surface area contributed by atoms with Gasteiger partial charge in [0.2, 0.25) is 6.79 Å². The van der Waals surface area contributed by atoms with Gasteiger partial charge in [-0.25, -0.2) is 14.4 Å². The van der Waals surface area contributed by atoms with Crippen LogP contribution in [0.2, 0.25) is 0 Å². The Balaban J connectivity index is 0.000000346. The molecule has 43 nitrogen and oxygen atoms in total. The second-order valence-electron chi connectivity index (χ2n) is 25.0. The van der Waals surface area contributed by atoms with E-state index in [1.807, 2.05) is 0 Å². The Morgan fingerprint density at radius 2 is 0.455 bits per heavy atom. The maximum absolute atomic E-state index is 12.5.